The second kappa shape index (κ2) is 13.2. The molecule has 43 heavy (non-hydrogen) atoms. The fraction of sp³-hybridized carbons (Fsp3) is 0.242. The molecule has 4 aromatic heterocycles. The van der Waals surface area contributed by atoms with Crippen molar-refractivity contribution < 1.29 is 9.53 Å². The lowest BCUT2D eigenvalue weighted by Gasteiger charge is -2.20. The standard InChI is InChI=1S/C19H22N4O2.C14H14N4/c1-19(2,3)25-18(24)22-17-13-15(21-16-11-12-20-23(16)17)10-9-14-7-5-4-6-8-14;15-13-10-12(17-14-8-9-16-18(13)14)7-6-11-4-2-1-3-5-11/h4-8,11-13H,9-10H2,1-3H3,(H,22,24);1-5,8-10H,6-7,15H2. The summed E-state index contributed by atoms with van der Waals surface area (Å²) in [5.41, 5.74) is 11.3. The van der Waals surface area contributed by atoms with E-state index in [9.17, 15) is 4.79 Å². The van der Waals surface area contributed by atoms with Crippen molar-refractivity contribution in [2.45, 2.75) is 52.1 Å². The van der Waals surface area contributed by atoms with Gasteiger partial charge in [0, 0.05) is 35.7 Å². The number of aryl methyl sites for hydroxylation is 4. The van der Waals surface area contributed by atoms with Gasteiger partial charge >= 0.3 is 6.09 Å². The Morgan fingerprint density at radius 3 is 1.81 bits per heavy atom. The molecule has 0 aliphatic carbocycles. The summed E-state index contributed by atoms with van der Waals surface area (Å²) in [4.78, 5) is 21.2. The van der Waals surface area contributed by atoms with Crippen LogP contribution < -0.4 is 11.1 Å². The molecule has 2 aromatic carbocycles. The van der Waals surface area contributed by atoms with E-state index in [-0.39, 0.29) is 0 Å². The molecule has 0 saturated carbocycles. The molecule has 0 unspecified atom stereocenters. The van der Waals surface area contributed by atoms with E-state index in [0.29, 0.717) is 17.3 Å². The van der Waals surface area contributed by atoms with Gasteiger partial charge < -0.3 is 10.5 Å². The summed E-state index contributed by atoms with van der Waals surface area (Å²) < 4.78 is 8.56. The van der Waals surface area contributed by atoms with Crippen LogP contribution in [0.5, 0.6) is 0 Å². The number of amides is 1. The molecule has 0 aliphatic rings. The third kappa shape index (κ3) is 8.16. The molecule has 10 nitrogen and oxygen atoms in total. The molecular weight excluding hydrogens is 540 g/mol. The van der Waals surface area contributed by atoms with Gasteiger partial charge in [-0.25, -0.2) is 14.8 Å². The minimum absolute atomic E-state index is 0.510. The molecule has 0 aliphatic heterocycles. The molecular formula is C33H36N8O2. The van der Waals surface area contributed by atoms with Crippen molar-refractivity contribution in [2.75, 3.05) is 11.1 Å². The van der Waals surface area contributed by atoms with Crippen molar-refractivity contribution in [2.24, 2.45) is 0 Å². The van der Waals surface area contributed by atoms with Crippen LogP contribution in [0, 0.1) is 0 Å². The summed E-state index contributed by atoms with van der Waals surface area (Å²) in [5, 5.41) is 11.1. The molecule has 0 fully saturated rings. The number of anilines is 2. The molecule has 3 N–H and O–H groups in total. The second-order valence-corrected chi connectivity index (χ2v) is 11.1. The molecule has 4 heterocycles. The van der Waals surface area contributed by atoms with Crippen LogP contribution in [0.4, 0.5) is 16.4 Å². The number of nitrogen functional groups attached to an aromatic ring is 1. The highest BCUT2D eigenvalue weighted by Gasteiger charge is 2.18. The Morgan fingerprint density at radius 1 is 0.744 bits per heavy atom. The zero-order chi connectivity index (χ0) is 30.2. The van der Waals surface area contributed by atoms with Crippen LogP contribution in [0.15, 0.2) is 97.3 Å². The first-order valence-corrected chi connectivity index (χ1v) is 14.2. The van der Waals surface area contributed by atoms with Gasteiger partial charge in [-0.3, -0.25) is 5.32 Å². The van der Waals surface area contributed by atoms with Crippen LogP contribution in [0.3, 0.4) is 0 Å². The SMILES string of the molecule is CC(C)(C)OC(=O)Nc1cc(CCc2ccccc2)nc2ccnn12.Nc1cc(CCc2ccccc2)nc2ccnn12. The maximum Gasteiger partial charge on any atom is 0.413 e. The summed E-state index contributed by atoms with van der Waals surface area (Å²) in [6.07, 6.45) is 6.36. The Hall–Kier alpha value is -5.25. The number of ether oxygens (including phenoxy) is 1. The number of fused-ring (bicyclic) bond motifs is 2. The van der Waals surface area contributed by atoms with Crippen LogP contribution >= 0.6 is 0 Å². The number of nitrogens with zero attached hydrogens (tertiary/aromatic N) is 6. The molecule has 0 radical (unpaired) electrons. The minimum atomic E-state index is -0.559. The Labute approximate surface area is 250 Å². The number of hydrogen-bond acceptors (Lipinski definition) is 7. The Balaban J connectivity index is 0.000000180. The van der Waals surface area contributed by atoms with Gasteiger partial charge in [0.2, 0.25) is 0 Å². The number of benzene rings is 2. The molecule has 220 valence electrons. The molecule has 0 atom stereocenters. The maximum absolute atomic E-state index is 12.1. The normalized spacial score (nSPS) is 11.2. The van der Waals surface area contributed by atoms with Gasteiger partial charge in [0.25, 0.3) is 0 Å². The fourth-order valence-corrected chi connectivity index (χ4v) is 4.54. The van der Waals surface area contributed by atoms with E-state index in [4.69, 9.17) is 10.5 Å². The zero-order valence-electron chi connectivity index (χ0n) is 24.6. The Bertz CT molecular complexity index is 1790. The van der Waals surface area contributed by atoms with Gasteiger partial charge in [-0.2, -0.15) is 19.2 Å². The number of aromatic nitrogens is 6. The number of carbonyl (C=O) groups is 1. The van der Waals surface area contributed by atoms with Crippen molar-refractivity contribution in [1.29, 1.82) is 0 Å². The number of rotatable bonds is 7. The van der Waals surface area contributed by atoms with Crippen LogP contribution in [-0.2, 0) is 30.4 Å². The summed E-state index contributed by atoms with van der Waals surface area (Å²) >= 11 is 0. The van der Waals surface area contributed by atoms with E-state index in [2.05, 4.69) is 61.9 Å². The van der Waals surface area contributed by atoms with Crippen molar-refractivity contribution in [3.8, 4) is 0 Å². The van der Waals surface area contributed by atoms with Crippen LogP contribution in [0.1, 0.15) is 43.3 Å². The van der Waals surface area contributed by atoms with Crippen LogP contribution in [-0.4, -0.2) is 40.9 Å². The van der Waals surface area contributed by atoms with Gasteiger partial charge in [-0.1, -0.05) is 60.7 Å². The third-order valence-electron chi connectivity index (χ3n) is 6.51. The molecule has 6 aromatic rings. The van der Waals surface area contributed by atoms with Crippen molar-refractivity contribution >= 4 is 29.0 Å². The number of nitrogens with two attached hydrogens (primary N) is 1. The number of nitrogens with one attached hydrogen (secondary N) is 1. The highest BCUT2D eigenvalue weighted by Crippen LogP contribution is 2.17. The molecule has 1 amide bonds. The van der Waals surface area contributed by atoms with Gasteiger partial charge in [-0.15, -0.1) is 0 Å². The van der Waals surface area contributed by atoms with Crippen LogP contribution in [0.2, 0.25) is 0 Å². The van der Waals surface area contributed by atoms with Gasteiger partial charge in [0.15, 0.2) is 11.3 Å². The lowest BCUT2D eigenvalue weighted by atomic mass is 10.1. The van der Waals surface area contributed by atoms with E-state index in [0.717, 1.165) is 42.7 Å². The highest BCUT2D eigenvalue weighted by molar-refractivity contribution is 5.84. The Kier molecular flexibility index (Phi) is 8.95. The smallest absolute Gasteiger partial charge is 0.413 e. The lowest BCUT2D eigenvalue weighted by Crippen LogP contribution is -2.28. The average molecular weight is 577 g/mol. The molecule has 0 spiro atoms. The monoisotopic (exact) mass is 576 g/mol. The fourth-order valence-electron chi connectivity index (χ4n) is 4.54. The summed E-state index contributed by atoms with van der Waals surface area (Å²) in [7, 11) is 0. The minimum Gasteiger partial charge on any atom is -0.444 e. The highest BCUT2D eigenvalue weighted by atomic mass is 16.6. The van der Waals surface area contributed by atoms with Gasteiger partial charge in [0.05, 0.1) is 12.4 Å². The van der Waals surface area contributed by atoms with E-state index >= 15 is 0 Å². The lowest BCUT2D eigenvalue weighted by molar-refractivity contribution is 0.0635. The zero-order valence-corrected chi connectivity index (χ0v) is 24.6. The van der Waals surface area contributed by atoms with E-state index in [1.54, 1.807) is 21.4 Å². The first-order valence-electron chi connectivity index (χ1n) is 14.2. The second-order valence-electron chi connectivity index (χ2n) is 11.1. The predicted molar refractivity (Wildman–Crippen MR) is 168 cm³/mol. The number of hydrogen-bond donors (Lipinski definition) is 2. The summed E-state index contributed by atoms with van der Waals surface area (Å²) in [5.74, 6) is 1.18. The molecule has 6 rings (SSSR count). The van der Waals surface area contributed by atoms with Crippen molar-refractivity contribution in [3.05, 3.63) is 120 Å². The van der Waals surface area contributed by atoms with Crippen LogP contribution in [0.25, 0.3) is 11.3 Å². The third-order valence-corrected chi connectivity index (χ3v) is 6.51. The van der Waals surface area contributed by atoms with E-state index in [1.807, 2.05) is 69.3 Å². The summed E-state index contributed by atoms with van der Waals surface area (Å²) in [6, 6.07) is 28.0. The van der Waals surface area contributed by atoms with E-state index in [1.165, 1.54) is 11.1 Å². The largest absolute Gasteiger partial charge is 0.444 e. The van der Waals surface area contributed by atoms with Gasteiger partial charge in [-0.05, 0) is 57.6 Å². The van der Waals surface area contributed by atoms with Crippen molar-refractivity contribution in [1.82, 2.24) is 29.2 Å². The summed E-state index contributed by atoms with van der Waals surface area (Å²) in [6.45, 7) is 5.48. The van der Waals surface area contributed by atoms with Crippen molar-refractivity contribution in [3.63, 3.8) is 0 Å². The topological polar surface area (TPSA) is 125 Å². The predicted octanol–water partition coefficient (Wildman–Crippen LogP) is 5.96. The number of carbonyl (C=O) groups excluding carboxylic acids is 1. The molecule has 10 heteroatoms. The molecule has 0 saturated heterocycles. The quantitative estimate of drug-likeness (QED) is 0.240. The first kappa shape index (κ1) is 29.2. The molecule has 0 bridgehead atoms. The van der Waals surface area contributed by atoms with Gasteiger partial charge in [0.1, 0.15) is 17.2 Å². The first-order chi connectivity index (χ1) is 20.7. The Morgan fingerprint density at radius 2 is 1.26 bits per heavy atom. The maximum atomic E-state index is 12.1. The van der Waals surface area contributed by atoms with E-state index < -0.39 is 11.7 Å². The average Bonchev–Trinajstić information content (AvgIpc) is 3.66.